The first-order valence-electron chi connectivity index (χ1n) is 7.43. The quantitative estimate of drug-likeness (QED) is 0.803. The lowest BCUT2D eigenvalue weighted by Gasteiger charge is -2.39. The smallest absolute Gasteiger partial charge is 0.0829 e. The van der Waals surface area contributed by atoms with Gasteiger partial charge in [0.15, 0.2) is 0 Å². The summed E-state index contributed by atoms with van der Waals surface area (Å²) < 4.78 is 5.92. The Morgan fingerprint density at radius 1 is 1.44 bits per heavy atom. The van der Waals surface area contributed by atoms with E-state index in [1.165, 1.54) is 19.4 Å². The molecule has 0 amide bonds. The van der Waals surface area contributed by atoms with Gasteiger partial charge in [0.1, 0.15) is 0 Å². The third kappa shape index (κ3) is 3.92. The van der Waals surface area contributed by atoms with E-state index in [1.807, 2.05) is 0 Å². The SMILES string of the molecule is CC(C)N1CCOC(CN(C)C2CCCNC2)C1. The minimum atomic E-state index is 0.382. The van der Waals surface area contributed by atoms with Crippen molar-refractivity contribution in [2.75, 3.05) is 46.4 Å². The second-order valence-electron chi connectivity index (χ2n) is 6.02. The lowest BCUT2D eigenvalue weighted by Crippen LogP contribution is -2.52. The van der Waals surface area contributed by atoms with Crippen LogP contribution in [0.4, 0.5) is 0 Å². The van der Waals surface area contributed by atoms with Gasteiger partial charge in [-0.2, -0.15) is 0 Å². The van der Waals surface area contributed by atoms with E-state index < -0.39 is 0 Å². The third-order valence-electron chi connectivity index (χ3n) is 4.29. The van der Waals surface area contributed by atoms with Crippen molar-refractivity contribution in [3.8, 4) is 0 Å². The topological polar surface area (TPSA) is 27.7 Å². The summed E-state index contributed by atoms with van der Waals surface area (Å²) in [4.78, 5) is 5.02. The molecule has 106 valence electrons. The van der Waals surface area contributed by atoms with Gasteiger partial charge in [0.25, 0.3) is 0 Å². The van der Waals surface area contributed by atoms with Gasteiger partial charge < -0.3 is 10.1 Å². The highest BCUT2D eigenvalue weighted by Crippen LogP contribution is 2.13. The van der Waals surface area contributed by atoms with Gasteiger partial charge in [-0.3, -0.25) is 9.80 Å². The fraction of sp³-hybridized carbons (Fsp3) is 1.00. The molecule has 2 aliphatic rings. The zero-order valence-electron chi connectivity index (χ0n) is 12.2. The van der Waals surface area contributed by atoms with Crippen LogP contribution < -0.4 is 5.32 Å². The fourth-order valence-electron chi connectivity index (χ4n) is 3.00. The van der Waals surface area contributed by atoms with E-state index in [0.29, 0.717) is 18.2 Å². The standard InChI is InChI=1S/C14H29N3O/c1-12(2)17-7-8-18-14(11-17)10-16(3)13-5-4-6-15-9-13/h12-15H,4-11H2,1-3H3. The van der Waals surface area contributed by atoms with Gasteiger partial charge >= 0.3 is 0 Å². The zero-order valence-corrected chi connectivity index (χ0v) is 12.2. The minimum Gasteiger partial charge on any atom is -0.374 e. The predicted octanol–water partition coefficient (Wildman–Crippen LogP) is 0.779. The molecule has 4 nitrogen and oxygen atoms in total. The van der Waals surface area contributed by atoms with Crippen molar-refractivity contribution in [2.45, 2.75) is 44.9 Å². The van der Waals surface area contributed by atoms with Crippen LogP contribution in [0, 0.1) is 0 Å². The molecule has 4 heteroatoms. The Morgan fingerprint density at radius 2 is 2.28 bits per heavy atom. The van der Waals surface area contributed by atoms with Crippen LogP contribution in [0.5, 0.6) is 0 Å². The van der Waals surface area contributed by atoms with E-state index >= 15 is 0 Å². The van der Waals surface area contributed by atoms with Gasteiger partial charge in [-0.05, 0) is 40.3 Å². The molecule has 2 aliphatic heterocycles. The lowest BCUT2D eigenvalue weighted by atomic mass is 10.1. The van der Waals surface area contributed by atoms with Crippen LogP contribution in [0.2, 0.25) is 0 Å². The van der Waals surface area contributed by atoms with E-state index in [9.17, 15) is 0 Å². The van der Waals surface area contributed by atoms with Crippen LogP contribution in [0.25, 0.3) is 0 Å². The summed E-state index contributed by atoms with van der Waals surface area (Å²) in [5.74, 6) is 0. The minimum absolute atomic E-state index is 0.382. The van der Waals surface area contributed by atoms with Crippen LogP contribution in [0.15, 0.2) is 0 Å². The van der Waals surface area contributed by atoms with Crippen LogP contribution in [0.1, 0.15) is 26.7 Å². The molecule has 2 heterocycles. The first-order valence-corrected chi connectivity index (χ1v) is 7.43. The number of morpholine rings is 1. The molecule has 0 radical (unpaired) electrons. The molecular weight excluding hydrogens is 226 g/mol. The van der Waals surface area contributed by atoms with E-state index in [2.05, 4.69) is 36.0 Å². The van der Waals surface area contributed by atoms with E-state index in [4.69, 9.17) is 4.74 Å². The Balaban J connectivity index is 1.77. The maximum absolute atomic E-state index is 5.92. The summed E-state index contributed by atoms with van der Waals surface area (Å²) in [6, 6.07) is 1.33. The number of ether oxygens (including phenoxy) is 1. The van der Waals surface area contributed by atoms with Crippen molar-refractivity contribution < 1.29 is 4.74 Å². The van der Waals surface area contributed by atoms with Gasteiger partial charge in [0.05, 0.1) is 12.7 Å². The highest BCUT2D eigenvalue weighted by Gasteiger charge is 2.26. The molecule has 0 saturated carbocycles. The number of piperidine rings is 1. The van der Waals surface area contributed by atoms with Crippen molar-refractivity contribution in [1.82, 2.24) is 15.1 Å². The Bertz CT molecular complexity index is 241. The molecule has 2 atom stereocenters. The summed E-state index contributed by atoms with van der Waals surface area (Å²) in [5, 5.41) is 3.49. The van der Waals surface area contributed by atoms with Crippen molar-refractivity contribution in [3.05, 3.63) is 0 Å². The molecule has 2 saturated heterocycles. The largest absolute Gasteiger partial charge is 0.374 e. The normalized spacial score (nSPS) is 31.2. The number of hydrogen-bond donors (Lipinski definition) is 1. The summed E-state index contributed by atoms with van der Waals surface area (Å²) in [5.41, 5.74) is 0. The molecule has 0 aromatic carbocycles. The average Bonchev–Trinajstić information content (AvgIpc) is 2.40. The lowest BCUT2D eigenvalue weighted by molar-refractivity contribution is -0.0543. The number of nitrogens with zero attached hydrogens (tertiary/aromatic N) is 2. The first kappa shape index (κ1) is 14.3. The van der Waals surface area contributed by atoms with Gasteiger partial charge in [0, 0.05) is 38.3 Å². The molecule has 2 rings (SSSR count). The highest BCUT2D eigenvalue weighted by molar-refractivity contribution is 4.81. The number of hydrogen-bond acceptors (Lipinski definition) is 4. The molecule has 1 N–H and O–H groups in total. The molecule has 2 unspecified atom stereocenters. The maximum atomic E-state index is 5.92. The molecule has 0 bridgehead atoms. The van der Waals surface area contributed by atoms with Crippen LogP contribution in [0.3, 0.4) is 0 Å². The Kier molecular flexibility index (Phi) is 5.42. The molecule has 0 aliphatic carbocycles. The van der Waals surface area contributed by atoms with Crippen LogP contribution in [-0.4, -0.2) is 74.4 Å². The van der Waals surface area contributed by atoms with E-state index in [1.54, 1.807) is 0 Å². The molecule has 18 heavy (non-hydrogen) atoms. The van der Waals surface area contributed by atoms with Crippen molar-refractivity contribution in [2.24, 2.45) is 0 Å². The zero-order chi connectivity index (χ0) is 13.0. The van der Waals surface area contributed by atoms with Gasteiger partial charge in [0.2, 0.25) is 0 Å². The summed E-state index contributed by atoms with van der Waals surface area (Å²) >= 11 is 0. The van der Waals surface area contributed by atoms with E-state index in [0.717, 1.165) is 32.8 Å². The maximum Gasteiger partial charge on any atom is 0.0829 e. The number of rotatable bonds is 4. The summed E-state index contributed by atoms with van der Waals surface area (Å²) in [6.45, 7) is 11.0. The first-order chi connectivity index (χ1) is 8.66. The van der Waals surface area contributed by atoms with Gasteiger partial charge in [-0.25, -0.2) is 0 Å². The summed E-state index contributed by atoms with van der Waals surface area (Å²) in [6.07, 6.45) is 3.01. The number of nitrogens with one attached hydrogen (secondary N) is 1. The molecule has 2 fully saturated rings. The fourth-order valence-corrected chi connectivity index (χ4v) is 3.00. The van der Waals surface area contributed by atoms with Crippen molar-refractivity contribution in [1.29, 1.82) is 0 Å². The van der Waals surface area contributed by atoms with Crippen LogP contribution >= 0.6 is 0 Å². The van der Waals surface area contributed by atoms with Crippen molar-refractivity contribution >= 4 is 0 Å². The predicted molar refractivity (Wildman–Crippen MR) is 75.0 cm³/mol. The molecule has 0 aromatic heterocycles. The molecule has 0 aromatic rings. The Morgan fingerprint density at radius 3 is 2.94 bits per heavy atom. The third-order valence-corrected chi connectivity index (χ3v) is 4.29. The molecule has 0 spiro atoms. The molecular formula is C14H29N3O. The Hall–Kier alpha value is -0.160. The summed E-state index contributed by atoms with van der Waals surface area (Å²) in [7, 11) is 2.25. The van der Waals surface area contributed by atoms with Gasteiger partial charge in [-0.15, -0.1) is 0 Å². The average molecular weight is 255 g/mol. The van der Waals surface area contributed by atoms with Crippen LogP contribution in [-0.2, 0) is 4.74 Å². The second kappa shape index (κ2) is 6.85. The van der Waals surface area contributed by atoms with Gasteiger partial charge in [-0.1, -0.05) is 0 Å². The number of likely N-dealkylation sites (N-methyl/N-ethyl adjacent to an activating group) is 1. The Labute approximate surface area is 112 Å². The second-order valence-corrected chi connectivity index (χ2v) is 6.02. The van der Waals surface area contributed by atoms with E-state index in [-0.39, 0.29) is 0 Å². The van der Waals surface area contributed by atoms with Crippen molar-refractivity contribution in [3.63, 3.8) is 0 Å². The highest BCUT2D eigenvalue weighted by atomic mass is 16.5. The monoisotopic (exact) mass is 255 g/mol.